The van der Waals surface area contributed by atoms with Crippen LogP contribution in [0.3, 0.4) is 0 Å². The molecule has 6 heteroatoms. The van der Waals surface area contributed by atoms with Gasteiger partial charge in [-0.25, -0.2) is 4.79 Å². The van der Waals surface area contributed by atoms with Gasteiger partial charge < -0.3 is 15.5 Å². The standard InChI is InChI=1S/C11H11BrN2O2.ClH/c1-2-16-11(15)10-9(13)7-5-6(12)3-4-8(7)14-10;/h3-5,14H,2,13H2,1H3;1H. The summed E-state index contributed by atoms with van der Waals surface area (Å²) in [6.07, 6.45) is 0. The summed E-state index contributed by atoms with van der Waals surface area (Å²) in [6, 6.07) is 5.61. The number of anilines is 1. The number of carbonyl (C=O) groups is 1. The summed E-state index contributed by atoms with van der Waals surface area (Å²) >= 11 is 3.36. The number of hydrogen-bond donors (Lipinski definition) is 2. The van der Waals surface area contributed by atoms with E-state index in [4.69, 9.17) is 10.5 Å². The van der Waals surface area contributed by atoms with Crippen molar-refractivity contribution < 1.29 is 9.53 Å². The highest BCUT2D eigenvalue weighted by Crippen LogP contribution is 2.28. The number of nitrogens with two attached hydrogens (primary N) is 1. The molecule has 4 nitrogen and oxygen atoms in total. The predicted molar refractivity (Wildman–Crippen MR) is 73.6 cm³/mol. The largest absolute Gasteiger partial charge is 0.461 e. The summed E-state index contributed by atoms with van der Waals surface area (Å²) in [5.74, 6) is -0.424. The molecular weight excluding hydrogens is 307 g/mol. The Morgan fingerprint density at radius 1 is 1.53 bits per heavy atom. The normalized spacial score (nSPS) is 10.0. The zero-order valence-corrected chi connectivity index (χ0v) is 11.5. The lowest BCUT2D eigenvalue weighted by molar-refractivity contribution is 0.0522. The zero-order chi connectivity index (χ0) is 11.7. The second-order valence-corrected chi connectivity index (χ2v) is 4.24. The van der Waals surface area contributed by atoms with E-state index in [1.165, 1.54) is 0 Å². The fourth-order valence-corrected chi connectivity index (χ4v) is 1.91. The molecule has 2 rings (SSSR count). The van der Waals surface area contributed by atoms with Gasteiger partial charge in [-0.05, 0) is 25.1 Å². The number of H-pyrrole nitrogens is 1. The molecule has 1 aromatic carbocycles. The van der Waals surface area contributed by atoms with Gasteiger partial charge in [-0.1, -0.05) is 15.9 Å². The SMILES string of the molecule is CCOC(=O)c1[nH]c2ccc(Br)cc2c1N.Cl. The van der Waals surface area contributed by atoms with Crippen molar-refractivity contribution in [2.24, 2.45) is 0 Å². The maximum Gasteiger partial charge on any atom is 0.356 e. The van der Waals surface area contributed by atoms with Crippen molar-refractivity contribution in [1.29, 1.82) is 0 Å². The van der Waals surface area contributed by atoms with E-state index in [1.807, 2.05) is 18.2 Å². The molecular formula is C11H12BrClN2O2. The molecule has 1 heterocycles. The smallest absolute Gasteiger partial charge is 0.356 e. The van der Waals surface area contributed by atoms with Gasteiger partial charge >= 0.3 is 5.97 Å². The molecule has 0 spiro atoms. The van der Waals surface area contributed by atoms with Gasteiger partial charge in [-0.2, -0.15) is 0 Å². The lowest BCUT2D eigenvalue weighted by Gasteiger charge is -1.99. The van der Waals surface area contributed by atoms with E-state index in [0.717, 1.165) is 15.4 Å². The Morgan fingerprint density at radius 3 is 2.88 bits per heavy atom. The van der Waals surface area contributed by atoms with Gasteiger partial charge in [-0.3, -0.25) is 0 Å². The van der Waals surface area contributed by atoms with Crippen LogP contribution in [0.1, 0.15) is 17.4 Å². The molecule has 0 radical (unpaired) electrons. The highest BCUT2D eigenvalue weighted by atomic mass is 79.9. The average molecular weight is 320 g/mol. The number of nitrogen functional groups attached to an aromatic ring is 1. The van der Waals surface area contributed by atoms with E-state index in [9.17, 15) is 4.79 Å². The van der Waals surface area contributed by atoms with Crippen LogP contribution in [0.4, 0.5) is 5.69 Å². The van der Waals surface area contributed by atoms with E-state index in [-0.39, 0.29) is 12.4 Å². The molecule has 1 aromatic heterocycles. The van der Waals surface area contributed by atoms with E-state index < -0.39 is 5.97 Å². The lowest BCUT2D eigenvalue weighted by Crippen LogP contribution is -2.07. The molecule has 3 N–H and O–H groups in total. The summed E-state index contributed by atoms with van der Waals surface area (Å²) in [5, 5.41) is 0.817. The van der Waals surface area contributed by atoms with Crippen LogP contribution in [-0.4, -0.2) is 17.6 Å². The van der Waals surface area contributed by atoms with Crippen molar-refractivity contribution in [2.75, 3.05) is 12.3 Å². The summed E-state index contributed by atoms with van der Waals surface area (Å²) in [7, 11) is 0. The molecule has 0 bridgehead atoms. The lowest BCUT2D eigenvalue weighted by atomic mass is 10.2. The number of aromatic amines is 1. The molecule has 0 fully saturated rings. The number of rotatable bonds is 2. The van der Waals surface area contributed by atoms with Crippen LogP contribution in [0.25, 0.3) is 10.9 Å². The minimum Gasteiger partial charge on any atom is -0.461 e. The number of fused-ring (bicyclic) bond motifs is 1. The number of esters is 1. The van der Waals surface area contributed by atoms with Crippen molar-refractivity contribution in [3.63, 3.8) is 0 Å². The van der Waals surface area contributed by atoms with Crippen molar-refractivity contribution >= 4 is 50.9 Å². The molecule has 0 aliphatic heterocycles. The Hall–Kier alpha value is -1.20. The van der Waals surface area contributed by atoms with Crippen LogP contribution in [0, 0.1) is 0 Å². The first kappa shape index (κ1) is 13.9. The third-order valence-electron chi connectivity index (χ3n) is 2.28. The first-order chi connectivity index (χ1) is 7.63. The van der Waals surface area contributed by atoms with Gasteiger partial charge in [-0.15, -0.1) is 12.4 Å². The molecule has 0 aliphatic carbocycles. The Labute approximate surface area is 113 Å². The third kappa shape index (κ3) is 2.56. The fourth-order valence-electron chi connectivity index (χ4n) is 1.55. The van der Waals surface area contributed by atoms with Crippen LogP contribution in [-0.2, 0) is 4.74 Å². The van der Waals surface area contributed by atoms with E-state index in [2.05, 4.69) is 20.9 Å². The minimum absolute atomic E-state index is 0. The third-order valence-corrected chi connectivity index (χ3v) is 2.77. The van der Waals surface area contributed by atoms with Crippen molar-refractivity contribution in [3.8, 4) is 0 Å². The van der Waals surface area contributed by atoms with Crippen LogP contribution >= 0.6 is 28.3 Å². The van der Waals surface area contributed by atoms with E-state index in [1.54, 1.807) is 6.92 Å². The Kier molecular flexibility index (Phi) is 4.42. The van der Waals surface area contributed by atoms with Gasteiger partial charge in [0.05, 0.1) is 12.3 Å². The Balaban J connectivity index is 0.00000144. The molecule has 0 saturated carbocycles. The number of aromatic nitrogens is 1. The van der Waals surface area contributed by atoms with Crippen molar-refractivity contribution in [1.82, 2.24) is 4.98 Å². The number of halogens is 2. The molecule has 92 valence electrons. The van der Waals surface area contributed by atoms with Gasteiger partial charge in [0.1, 0.15) is 5.69 Å². The maximum absolute atomic E-state index is 11.6. The van der Waals surface area contributed by atoms with Crippen LogP contribution < -0.4 is 5.73 Å². The topological polar surface area (TPSA) is 68.1 Å². The van der Waals surface area contributed by atoms with Crippen LogP contribution in [0.2, 0.25) is 0 Å². The van der Waals surface area contributed by atoms with Gasteiger partial charge in [0.2, 0.25) is 0 Å². The average Bonchev–Trinajstić information content (AvgIpc) is 2.57. The molecule has 0 atom stereocenters. The van der Waals surface area contributed by atoms with E-state index in [0.29, 0.717) is 18.0 Å². The van der Waals surface area contributed by atoms with E-state index >= 15 is 0 Å². The molecule has 0 amide bonds. The number of ether oxygens (including phenoxy) is 1. The Morgan fingerprint density at radius 2 is 2.24 bits per heavy atom. The number of carbonyl (C=O) groups excluding carboxylic acids is 1. The number of benzene rings is 1. The number of hydrogen-bond acceptors (Lipinski definition) is 3. The second kappa shape index (κ2) is 5.42. The Bertz CT molecular complexity index is 554. The fraction of sp³-hybridized carbons (Fsp3) is 0.182. The molecule has 0 unspecified atom stereocenters. The first-order valence-corrected chi connectivity index (χ1v) is 5.66. The highest BCUT2D eigenvalue weighted by Gasteiger charge is 2.16. The van der Waals surface area contributed by atoms with Crippen LogP contribution in [0.15, 0.2) is 22.7 Å². The maximum atomic E-state index is 11.6. The predicted octanol–water partition coefficient (Wildman–Crippen LogP) is 3.11. The minimum atomic E-state index is -0.424. The summed E-state index contributed by atoms with van der Waals surface area (Å²) in [4.78, 5) is 14.5. The quantitative estimate of drug-likeness (QED) is 0.836. The first-order valence-electron chi connectivity index (χ1n) is 4.87. The second-order valence-electron chi connectivity index (χ2n) is 3.32. The summed E-state index contributed by atoms with van der Waals surface area (Å²) < 4.78 is 5.82. The van der Waals surface area contributed by atoms with Gasteiger partial charge in [0, 0.05) is 15.4 Å². The molecule has 0 saturated heterocycles. The molecule has 0 aliphatic rings. The van der Waals surface area contributed by atoms with Gasteiger partial charge in [0.25, 0.3) is 0 Å². The van der Waals surface area contributed by atoms with Crippen molar-refractivity contribution in [3.05, 3.63) is 28.4 Å². The summed E-state index contributed by atoms with van der Waals surface area (Å²) in [5.41, 5.74) is 7.45. The zero-order valence-electron chi connectivity index (χ0n) is 9.12. The summed E-state index contributed by atoms with van der Waals surface area (Å²) in [6.45, 7) is 2.09. The molecule has 17 heavy (non-hydrogen) atoms. The van der Waals surface area contributed by atoms with Crippen LogP contribution in [0.5, 0.6) is 0 Å². The van der Waals surface area contributed by atoms with Crippen molar-refractivity contribution in [2.45, 2.75) is 6.92 Å². The monoisotopic (exact) mass is 318 g/mol. The highest BCUT2D eigenvalue weighted by molar-refractivity contribution is 9.10. The number of nitrogens with one attached hydrogen (secondary N) is 1. The molecule has 2 aromatic rings. The van der Waals surface area contributed by atoms with Gasteiger partial charge in [0.15, 0.2) is 0 Å².